The van der Waals surface area contributed by atoms with Crippen molar-refractivity contribution in [2.45, 2.75) is 20.8 Å². The monoisotopic (exact) mass is 361 g/mol. The second-order valence-corrected chi connectivity index (χ2v) is 6.22. The number of nitrogens with one attached hydrogen (secondary N) is 2. The van der Waals surface area contributed by atoms with Gasteiger partial charge in [-0.3, -0.25) is 4.79 Å². The Labute approximate surface area is 159 Å². The standard InChI is InChI=1S/C22H23N3O2/c1-4-27-19-11-9-18(10-12-19)24-21-13-8-17(14-23-21)22(26)25-20-7-5-6-15(2)16(20)3/h5-14H,4H2,1-3H3,(H,23,24)(H,25,26). The van der Waals surface area contributed by atoms with Gasteiger partial charge in [0.15, 0.2) is 0 Å². The first-order chi connectivity index (χ1) is 13.1. The maximum atomic E-state index is 12.5. The Morgan fingerprint density at radius 2 is 1.81 bits per heavy atom. The first kappa shape index (κ1) is 18.5. The molecule has 0 saturated heterocycles. The summed E-state index contributed by atoms with van der Waals surface area (Å²) in [6, 6.07) is 17.0. The van der Waals surface area contributed by atoms with Crippen LogP contribution in [0.1, 0.15) is 28.4 Å². The summed E-state index contributed by atoms with van der Waals surface area (Å²) < 4.78 is 5.43. The van der Waals surface area contributed by atoms with Gasteiger partial charge in [0.1, 0.15) is 11.6 Å². The number of hydrogen-bond acceptors (Lipinski definition) is 4. The number of ether oxygens (including phenoxy) is 1. The van der Waals surface area contributed by atoms with Crippen LogP contribution in [0.25, 0.3) is 0 Å². The zero-order valence-electron chi connectivity index (χ0n) is 15.7. The fourth-order valence-corrected chi connectivity index (χ4v) is 2.63. The molecule has 3 rings (SSSR count). The van der Waals surface area contributed by atoms with Crippen molar-refractivity contribution in [2.75, 3.05) is 17.2 Å². The molecule has 1 aromatic heterocycles. The van der Waals surface area contributed by atoms with Gasteiger partial charge in [-0.15, -0.1) is 0 Å². The number of amides is 1. The molecule has 2 N–H and O–H groups in total. The van der Waals surface area contributed by atoms with Crippen molar-refractivity contribution in [2.24, 2.45) is 0 Å². The minimum Gasteiger partial charge on any atom is -0.494 e. The van der Waals surface area contributed by atoms with E-state index in [1.807, 2.05) is 63.2 Å². The Balaban J connectivity index is 1.65. The molecule has 0 aliphatic carbocycles. The molecule has 138 valence electrons. The molecule has 5 nitrogen and oxygen atoms in total. The Hall–Kier alpha value is -3.34. The molecule has 27 heavy (non-hydrogen) atoms. The van der Waals surface area contributed by atoms with Crippen LogP contribution in [-0.4, -0.2) is 17.5 Å². The zero-order chi connectivity index (χ0) is 19.2. The number of anilines is 3. The molecular weight excluding hydrogens is 338 g/mol. The van der Waals surface area contributed by atoms with E-state index in [0.29, 0.717) is 18.0 Å². The molecule has 0 atom stereocenters. The van der Waals surface area contributed by atoms with Crippen molar-refractivity contribution in [1.29, 1.82) is 0 Å². The lowest BCUT2D eigenvalue weighted by Gasteiger charge is -2.11. The van der Waals surface area contributed by atoms with Crippen LogP contribution < -0.4 is 15.4 Å². The van der Waals surface area contributed by atoms with Gasteiger partial charge in [-0.25, -0.2) is 4.98 Å². The second kappa shape index (κ2) is 8.36. The predicted molar refractivity (Wildman–Crippen MR) is 109 cm³/mol. The molecule has 1 heterocycles. The summed E-state index contributed by atoms with van der Waals surface area (Å²) in [5, 5.41) is 6.15. The molecule has 3 aromatic rings. The number of carbonyl (C=O) groups excluding carboxylic acids is 1. The third kappa shape index (κ3) is 4.64. The van der Waals surface area contributed by atoms with Crippen molar-refractivity contribution in [3.8, 4) is 5.75 Å². The summed E-state index contributed by atoms with van der Waals surface area (Å²) >= 11 is 0. The molecule has 0 spiro atoms. The average Bonchev–Trinajstić information content (AvgIpc) is 2.68. The normalized spacial score (nSPS) is 10.3. The number of rotatable bonds is 6. The summed E-state index contributed by atoms with van der Waals surface area (Å²) in [6.07, 6.45) is 1.57. The van der Waals surface area contributed by atoms with E-state index < -0.39 is 0 Å². The molecule has 0 unspecified atom stereocenters. The van der Waals surface area contributed by atoms with Gasteiger partial charge in [0.2, 0.25) is 0 Å². The van der Waals surface area contributed by atoms with Crippen molar-refractivity contribution in [3.63, 3.8) is 0 Å². The van der Waals surface area contributed by atoms with E-state index in [9.17, 15) is 4.79 Å². The molecule has 1 amide bonds. The van der Waals surface area contributed by atoms with E-state index in [-0.39, 0.29) is 5.91 Å². The lowest BCUT2D eigenvalue weighted by molar-refractivity contribution is 0.102. The summed E-state index contributed by atoms with van der Waals surface area (Å²) in [5.41, 5.74) is 4.43. The molecule has 0 fully saturated rings. The molecular formula is C22H23N3O2. The number of pyridine rings is 1. The summed E-state index contributed by atoms with van der Waals surface area (Å²) in [6.45, 7) is 6.61. The van der Waals surface area contributed by atoms with Gasteiger partial charge >= 0.3 is 0 Å². The van der Waals surface area contributed by atoms with E-state index in [4.69, 9.17) is 4.74 Å². The van der Waals surface area contributed by atoms with Crippen molar-refractivity contribution >= 4 is 23.1 Å². The van der Waals surface area contributed by atoms with E-state index in [0.717, 1.165) is 28.3 Å². The molecule has 0 aliphatic rings. The van der Waals surface area contributed by atoms with Gasteiger partial charge in [0.25, 0.3) is 5.91 Å². The highest BCUT2D eigenvalue weighted by atomic mass is 16.5. The summed E-state index contributed by atoms with van der Waals surface area (Å²) in [7, 11) is 0. The highest BCUT2D eigenvalue weighted by molar-refractivity contribution is 6.04. The van der Waals surface area contributed by atoms with Gasteiger partial charge in [0.05, 0.1) is 12.2 Å². The molecule has 0 bridgehead atoms. The number of aryl methyl sites for hydroxylation is 1. The van der Waals surface area contributed by atoms with Crippen LogP contribution in [0.15, 0.2) is 60.8 Å². The SMILES string of the molecule is CCOc1ccc(Nc2ccc(C(=O)Nc3cccc(C)c3C)cn2)cc1. The van der Waals surface area contributed by atoms with Crippen LogP contribution in [0.2, 0.25) is 0 Å². The number of aromatic nitrogens is 1. The number of benzene rings is 2. The van der Waals surface area contributed by atoms with Crippen molar-refractivity contribution in [3.05, 3.63) is 77.5 Å². The summed E-state index contributed by atoms with van der Waals surface area (Å²) in [4.78, 5) is 16.8. The Morgan fingerprint density at radius 3 is 2.48 bits per heavy atom. The third-order valence-electron chi connectivity index (χ3n) is 4.32. The Kier molecular flexibility index (Phi) is 5.71. The van der Waals surface area contributed by atoms with Gasteiger partial charge < -0.3 is 15.4 Å². The van der Waals surface area contributed by atoms with Crippen molar-refractivity contribution < 1.29 is 9.53 Å². The zero-order valence-corrected chi connectivity index (χ0v) is 15.7. The molecule has 5 heteroatoms. The molecule has 0 radical (unpaired) electrons. The summed E-state index contributed by atoms with van der Waals surface area (Å²) in [5.74, 6) is 1.32. The number of carbonyl (C=O) groups is 1. The molecule has 0 saturated carbocycles. The van der Waals surface area contributed by atoms with Crippen LogP contribution in [-0.2, 0) is 0 Å². The minimum absolute atomic E-state index is 0.177. The van der Waals surface area contributed by atoms with Crippen LogP contribution in [0, 0.1) is 13.8 Å². The maximum absolute atomic E-state index is 12.5. The Bertz CT molecular complexity index is 919. The average molecular weight is 361 g/mol. The van der Waals surface area contributed by atoms with E-state index in [1.165, 1.54) is 0 Å². The van der Waals surface area contributed by atoms with Gasteiger partial charge in [-0.1, -0.05) is 12.1 Å². The van der Waals surface area contributed by atoms with Gasteiger partial charge in [-0.2, -0.15) is 0 Å². The van der Waals surface area contributed by atoms with E-state index in [2.05, 4.69) is 15.6 Å². The lowest BCUT2D eigenvalue weighted by Crippen LogP contribution is -2.13. The quantitative estimate of drug-likeness (QED) is 0.642. The van der Waals surface area contributed by atoms with Crippen LogP contribution in [0.5, 0.6) is 5.75 Å². The van der Waals surface area contributed by atoms with E-state index >= 15 is 0 Å². The van der Waals surface area contributed by atoms with E-state index in [1.54, 1.807) is 18.3 Å². The Morgan fingerprint density at radius 1 is 1.04 bits per heavy atom. The van der Waals surface area contributed by atoms with Crippen molar-refractivity contribution in [1.82, 2.24) is 4.98 Å². The van der Waals surface area contributed by atoms with Crippen LogP contribution in [0.4, 0.5) is 17.2 Å². The maximum Gasteiger partial charge on any atom is 0.257 e. The van der Waals surface area contributed by atoms with Gasteiger partial charge in [-0.05, 0) is 74.4 Å². The predicted octanol–water partition coefficient (Wildman–Crippen LogP) is 5.09. The van der Waals surface area contributed by atoms with Crippen LogP contribution in [0.3, 0.4) is 0 Å². The first-order valence-corrected chi connectivity index (χ1v) is 8.90. The second-order valence-electron chi connectivity index (χ2n) is 6.22. The fraction of sp³-hybridized carbons (Fsp3) is 0.182. The topological polar surface area (TPSA) is 63.2 Å². The largest absolute Gasteiger partial charge is 0.494 e. The smallest absolute Gasteiger partial charge is 0.257 e. The number of nitrogens with zero attached hydrogens (tertiary/aromatic N) is 1. The highest BCUT2D eigenvalue weighted by Gasteiger charge is 2.09. The van der Waals surface area contributed by atoms with Gasteiger partial charge in [0, 0.05) is 17.6 Å². The van der Waals surface area contributed by atoms with Crippen LogP contribution >= 0.6 is 0 Å². The fourth-order valence-electron chi connectivity index (χ4n) is 2.63. The highest BCUT2D eigenvalue weighted by Crippen LogP contribution is 2.21. The third-order valence-corrected chi connectivity index (χ3v) is 4.32. The lowest BCUT2D eigenvalue weighted by atomic mass is 10.1. The molecule has 0 aliphatic heterocycles. The minimum atomic E-state index is -0.177. The molecule has 2 aromatic carbocycles. The number of hydrogen-bond donors (Lipinski definition) is 2. The first-order valence-electron chi connectivity index (χ1n) is 8.90.